The molecule has 112 valence electrons. The summed E-state index contributed by atoms with van der Waals surface area (Å²) >= 11 is 0. The lowest BCUT2D eigenvalue weighted by Gasteiger charge is -2.09. The monoisotopic (exact) mass is 302 g/mol. The number of carboxylic acids is 1. The maximum absolute atomic E-state index is 10.9. The molecule has 0 unspecified atom stereocenters. The van der Waals surface area contributed by atoms with E-state index in [1.807, 2.05) is 0 Å². The lowest BCUT2D eigenvalue weighted by atomic mass is 10.2. The molecule has 1 rings (SSSR count). The minimum atomic E-state index is -3.16. The number of rotatable bonds is 9. The summed E-state index contributed by atoms with van der Waals surface area (Å²) in [4.78, 5) is 10.9. The molecule has 0 spiro atoms. The third kappa shape index (κ3) is 6.50. The Labute approximate surface area is 118 Å². The molecule has 1 aromatic rings. The number of carboxylic acid groups (broad SMARTS) is 1. The van der Waals surface area contributed by atoms with Crippen LogP contribution in [0, 0.1) is 0 Å². The number of hydrogen-bond donors (Lipinski definition) is 3. The Kier molecular flexibility index (Phi) is 6.43. The van der Waals surface area contributed by atoms with Crippen molar-refractivity contribution in [3.05, 3.63) is 29.8 Å². The molecular formula is C12H18N2O5S. The van der Waals surface area contributed by atoms with E-state index in [1.54, 1.807) is 18.2 Å². The van der Waals surface area contributed by atoms with Crippen LogP contribution in [-0.2, 0) is 10.0 Å². The van der Waals surface area contributed by atoms with E-state index in [9.17, 15) is 13.2 Å². The quantitative estimate of drug-likeness (QED) is 0.550. The molecule has 1 aromatic carbocycles. The maximum Gasteiger partial charge on any atom is 0.339 e. The van der Waals surface area contributed by atoms with Gasteiger partial charge in [0.05, 0.1) is 6.26 Å². The predicted molar refractivity (Wildman–Crippen MR) is 74.6 cm³/mol. The summed E-state index contributed by atoms with van der Waals surface area (Å²) in [6, 6.07) is 6.40. The first-order valence-electron chi connectivity index (χ1n) is 6.00. The van der Waals surface area contributed by atoms with Gasteiger partial charge < -0.3 is 15.2 Å². The molecule has 0 saturated heterocycles. The third-order valence-corrected chi connectivity index (χ3v) is 3.05. The number of benzene rings is 1. The van der Waals surface area contributed by atoms with Gasteiger partial charge in [0.15, 0.2) is 0 Å². The van der Waals surface area contributed by atoms with Crippen molar-refractivity contribution in [2.75, 3.05) is 32.5 Å². The second-order valence-corrected chi connectivity index (χ2v) is 5.90. The van der Waals surface area contributed by atoms with Crippen LogP contribution < -0.4 is 14.8 Å². The van der Waals surface area contributed by atoms with Crippen molar-refractivity contribution in [2.45, 2.75) is 0 Å². The SMILES string of the molecule is CS(=O)(=O)NCCNCCOc1ccccc1C(=O)O. The molecule has 20 heavy (non-hydrogen) atoms. The molecule has 0 aliphatic heterocycles. The van der Waals surface area contributed by atoms with Gasteiger partial charge in [-0.05, 0) is 12.1 Å². The predicted octanol–water partition coefficient (Wildman–Crippen LogP) is -0.0976. The van der Waals surface area contributed by atoms with E-state index in [4.69, 9.17) is 9.84 Å². The Morgan fingerprint density at radius 2 is 1.95 bits per heavy atom. The average molecular weight is 302 g/mol. The van der Waals surface area contributed by atoms with Gasteiger partial charge in [-0.15, -0.1) is 0 Å². The zero-order valence-corrected chi connectivity index (χ0v) is 11.9. The number of sulfonamides is 1. The highest BCUT2D eigenvalue weighted by Gasteiger charge is 2.09. The lowest BCUT2D eigenvalue weighted by Crippen LogP contribution is -2.32. The highest BCUT2D eigenvalue weighted by atomic mass is 32.2. The van der Waals surface area contributed by atoms with Crippen molar-refractivity contribution >= 4 is 16.0 Å². The van der Waals surface area contributed by atoms with Crippen molar-refractivity contribution in [3.8, 4) is 5.75 Å². The largest absolute Gasteiger partial charge is 0.491 e. The van der Waals surface area contributed by atoms with Gasteiger partial charge in [-0.3, -0.25) is 0 Å². The number of ether oxygens (including phenoxy) is 1. The van der Waals surface area contributed by atoms with Crippen LogP contribution in [0.3, 0.4) is 0 Å². The van der Waals surface area contributed by atoms with Crippen LogP contribution in [0.5, 0.6) is 5.75 Å². The van der Waals surface area contributed by atoms with E-state index < -0.39 is 16.0 Å². The van der Waals surface area contributed by atoms with Crippen molar-refractivity contribution in [2.24, 2.45) is 0 Å². The Balaban J connectivity index is 2.24. The number of hydrogen-bond acceptors (Lipinski definition) is 5. The smallest absolute Gasteiger partial charge is 0.339 e. The second-order valence-electron chi connectivity index (χ2n) is 4.07. The van der Waals surface area contributed by atoms with E-state index in [-0.39, 0.29) is 5.56 Å². The fourth-order valence-electron chi connectivity index (χ4n) is 1.45. The van der Waals surface area contributed by atoms with E-state index in [0.717, 1.165) is 6.26 Å². The van der Waals surface area contributed by atoms with Gasteiger partial charge in [0.1, 0.15) is 17.9 Å². The number of nitrogens with one attached hydrogen (secondary N) is 2. The van der Waals surface area contributed by atoms with Crippen LogP contribution in [0.4, 0.5) is 0 Å². The summed E-state index contributed by atoms with van der Waals surface area (Å²) < 4.78 is 29.3. The molecule has 0 atom stereocenters. The van der Waals surface area contributed by atoms with Gasteiger partial charge in [0.2, 0.25) is 10.0 Å². The molecule has 7 nitrogen and oxygen atoms in total. The van der Waals surface area contributed by atoms with E-state index in [0.29, 0.717) is 32.0 Å². The molecule has 0 saturated carbocycles. The topological polar surface area (TPSA) is 105 Å². The Morgan fingerprint density at radius 3 is 2.60 bits per heavy atom. The van der Waals surface area contributed by atoms with Gasteiger partial charge in [-0.2, -0.15) is 0 Å². The summed E-state index contributed by atoms with van der Waals surface area (Å²) in [5.41, 5.74) is 0.117. The van der Waals surface area contributed by atoms with Crippen molar-refractivity contribution in [1.82, 2.24) is 10.0 Å². The fourth-order valence-corrected chi connectivity index (χ4v) is 1.93. The summed E-state index contributed by atoms with van der Waals surface area (Å²) in [5.74, 6) is -0.720. The molecule has 8 heteroatoms. The van der Waals surface area contributed by atoms with Crippen LogP contribution in [0.25, 0.3) is 0 Å². The summed E-state index contributed by atoms with van der Waals surface area (Å²) in [6.07, 6.45) is 1.10. The van der Waals surface area contributed by atoms with Crippen molar-refractivity contribution in [1.29, 1.82) is 0 Å². The van der Waals surface area contributed by atoms with Crippen LogP contribution in [0.2, 0.25) is 0 Å². The number of aromatic carboxylic acids is 1. The maximum atomic E-state index is 10.9. The first-order chi connectivity index (χ1) is 9.40. The van der Waals surface area contributed by atoms with Crippen molar-refractivity contribution < 1.29 is 23.1 Å². The van der Waals surface area contributed by atoms with E-state index in [2.05, 4.69) is 10.0 Å². The van der Waals surface area contributed by atoms with Gasteiger partial charge in [-0.1, -0.05) is 12.1 Å². The average Bonchev–Trinajstić information content (AvgIpc) is 2.36. The fraction of sp³-hybridized carbons (Fsp3) is 0.417. The molecule has 0 aromatic heterocycles. The molecule has 0 aliphatic carbocycles. The second kappa shape index (κ2) is 7.83. The highest BCUT2D eigenvalue weighted by molar-refractivity contribution is 7.88. The molecule has 3 N–H and O–H groups in total. The zero-order chi connectivity index (χ0) is 15.0. The summed E-state index contributed by atoms with van der Waals surface area (Å²) in [6.45, 7) is 1.55. The number of para-hydroxylation sites is 1. The first kappa shape index (κ1) is 16.4. The molecule has 0 fully saturated rings. The first-order valence-corrected chi connectivity index (χ1v) is 7.90. The number of carbonyl (C=O) groups is 1. The van der Waals surface area contributed by atoms with Crippen LogP contribution in [0.1, 0.15) is 10.4 Å². The molecule has 0 heterocycles. The van der Waals surface area contributed by atoms with Gasteiger partial charge in [0, 0.05) is 19.6 Å². The highest BCUT2D eigenvalue weighted by Crippen LogP contribution is 2.17. The Morgan fingerprint density at radius 1 is 1.25 bits per heavy atom. The zero-order valence-electron chi connectivity index (χ0n) is 11.1. The lowest BCUT2D eigenvalue weighted by molar-refractivity contribution is 0.0692. The Hall–Kier alpha value is -1.64. The van der Waals surface area contributed by atoms with Gasteiger partial charge >= 0.3 is 5.97 Å². The van der Waals surface area contributed by atoms with Gasteiger partial charge in [0.25, 0.3) is 0 Å². The van der Waals surface area contributed by atoms with Crippen LogP contribution in [0.15, 0.2) is 24.3 Å². The minimum Gasteiger partial charge on any atom is -0.491 e. The molecule has 0 aliphatic rings. The van der Waals surface area contributed by atoms with E-state index in [1.165, 1.54) is 6.07 Å². The Bertz CT molecular complexity index is 545. The van der Waals surface area contributed by atoms with Gasteiger partial charge in [-0.25, -0.2) is 17.9 Å². The minimum absolute atomic E-state index is 0.117. The van der Waals surface area contributed by atoms with Crippen LogP contribution in [-0.4, -0.2) is 52.0 Å². The summed E-state index contributed by atoms with van der Waals surface area (Å²) in [7, 11) is -3.16. The van der Waals surface area contributed by atoms with E-state index >= 15 is 0 Å². The van der Waals surface area contributed by atoms with Crippen LogP contribution >= 0.6 is 0 Å². The molecule has 0 amide bonds. The molecular weight excluding hydrogens is 284 g/mol. The molecule has 0 bridgehead atoms. The third-order valence-electron chi connectivity index (χ3n) is 2.32. The summed E-state index contributed by atoms with van der Waals surface area (Å²) in [5, 5.41) is 11.9. The normalized spacial score (nSPS) is 11.2. The molecule has 0 radical (unpaired) electrons. The van der Waals surface area contributed by atoms with Crippen molar-refractivity contribution in [3.63, 3.8) is 0 Å². The standard InChI is InChI=1S/C12H18N2O5S/c1-20(17,18)14-7-6-13-8-9-19-11-5-3-2-4-10(11)12(15)16/h2-5,13-14H,6-9H2,1H3,(H,15,16).